The summed E-state index contributed by atoms with van der Waals surface area (Å²) in [4.78, 5) is 0. The molecule has 4 aliphatic rings. The lowest BCUT2D eigenvalue weighted by molar-refractivity contribution is 0.645. The summed E-state index contributed by atoms with van der Waals surface area (Å²) >= 11 is 0. The molecule has 0 unspecified atom stereocenters. The molecule has 0 saturated carbocycles. The van der Waals surface area contributed by atoms with Crippen LogP contribution in [0.4, 0.5) is 0 Å². The van der Waals surface area contributed by atoms with E-state index < -0.39 is 0 Å². The third-order valence-corrected chi connectivity index (χ3v) is 26.4. The van der Waals surface area contributed by atoms with E-state index in [1.54, 1.807) is 0 Å². The first-order valence-corrected chi connectivity index (χ1v) is 41.0. The minimum absolute atomic E-state index is 0.219. The molecule has 0 aromatic heterocycles. The largest absolute Gasteiger partial charge is 0.192 e. The highest BCUT2D eigenvalue weighted by Crippen LogP contribution is 2.65. The Hall–Kier alpha value is -15.1. The molecule has 2 heteroatoms. The summed E-state index contributed by atoms with van der Waals surface area (Å²) in [6.45, 7) is 9.65. The Morgan fingerprint density at radius 3 is 0.915 bits per heavy atom. The Bertz CT molecular complexity index is 7620. The van der Waals surface area contributed by atoms with E-state index in [9.17, 15) is 10.5 Å². The van der Waals surface area contributed by atoms with Gasteiger partial charge in [-0.25, -0.2) is 0 Å². The zero-order valence-electron chi connectivity index (χ0n) is 65.7. The van der Waals surface area contributed by atoms with E-state index in [1.165, 1.54) is 220 Å². The first-order valence-electron chi connectivity index (χ1n) is 41.0. The van der Waals surface area contributed by atoms with E-state index in [1.807, 2.05) is 48.5 Å². The molecule has 2 nitrogen and oxygen atoms in total. The Morgan fingerprint density at radius 1 is 0.178 bits per heavy atom. The summed E-state index contributed by atoms with van der Waals surface area (Å²) in [5.41, 5.74) is 42.0. The minimum Gasteiger partial charge on any atom is -0.192 e. The summed E-state index contributed by atoms with van der Waals surface area (Å²) in [7, 11) is 0. The minimum atomic E-state index is -0.230. The van der Waals surface area contributed by atoms with Crippen molar-refractivity contribution in [2.75, 3.05) is 0 Å². The van der Waals surface area contributed by atoms with Crippen molar-refractivity contribution in [3.8, 4) is 168 Å². The molecule has 0 N–H and O–H groups in total. The molecule has 24 rings (SSSR count). The second kappa shape index (κ2) is 26.2. The summed E-state index contributed by atoms with van der Waals surface area (Å²) in [6.07, 6.45) is 0. The number of fused-ring (bicyclic) bond motifs is 16. The van der Waals surface area contributed by atoms with Crippen molar-refractivity contribution in [2.24, 2.45) is 0 Å². The third-order valence-electron chi connectivity index (χ3n) is 26.4. The van der Waals surface area contributed by atoms with Crippen LogP contribution in [-0.4, -0.2) is 0 Å². The van der Waals surface area contributed by atoms with Crippen molar-refractivity contribution >= 4 is 64.6 Å². The van der Waals surface area contributed by atoms with E-state index in [-0.39, 0.29) is 10.8 Å². The summed E-state index contributed by atoms with van der Waals surface area (Å²) in [5.74, 6) is 0. The Balaban J connectivity index is 0.000000138. The van der Waals surface area contributed by atoms with Crippen LogP contribution in [-0.2, 0) is 10.8 Å². The normalized spacial score (nSPS) is 13.0. The van der Waals surface area contributed by atoms with Gasteiger partial charge in [0, 0.05) is 10.8 Å². The quantitative estimate of drug-likeness (QED) is 0.152. The van der Waals surface area contributed by atoms with Crippen molar-refractivity contribution in [1.29, 1.82) is 10.5 Å². The van der Waals surface area contributed by atoms with E-state index in [2.05, 4.69) is 367 Å². The van der Waals surface area contributed by atoms with Crippen LogP contribution in [0, 0.1) is 22.7 Å². The molecule has 20 aromatic rings. The van der Waals surface area contributed by atoms with E-state index in [0.717, 1.165) is 22.3 Å². The van der Waals surface area contributed by atoms with Crippen molar-refractivity contribution < 1.29 is 0 Å². The lowest BCUT2D eigenvalue weighted by Crippen LogP contribution is -2.23. The van der Waals surface area contributed by atoms with Gasteiger partial charge in [0.1, 0.15) is 0 Å². The molecule has 0 amide bonds. The Kier molecular flexibility index (Phi) is 15.2. The smallest absolute Gasteiger partial charge is 0.0991 e. The second-order valence-corrected chi connectivity index (χ2v) is 33.4. The van der Waals surface area contributed by atoms with Crippen molar-refractivity contribution in [2.45, 2.75) is 38.5 Å². The molecule has 4 aliphatic carbocycles. The fourth-order valence-electron chi connectivity index (χ4n) is 20.8. The van der Waals surface area contributed by atoms with Gasteiger partial charge in [-0.15, -0.1) is 0 Å². The first kappa shape index (κ1) is 68.5. The van der Waals surface area contributed by atoms with Gasteiger partial charge in [-0.05, 0) is 309 Å². The monoisotopic (exact) mass is 1490 g/mol. The zero-order valence-corrected chi connectivity index (χ0v) is 65.7. The molecule has 20 aromatic carbocycles. The molecule has 0 saturated heterocycles. The van der Waals surface area contributed by atoms with Gasteiger partial charge in [0.25, 0.3) is 0 Å². The second-order valence-electron chi connectivity index (χ2n) is 33.4. The van der Waals surface area contributed by atoms with Crippen LogP contribution >= 0.6 is 0 Å². The van der Waals surface area contributed by atoms with Crippen LogP contribution in [0.15, 0.2) is 376 Å². The number of hydrogen-bond donors (Lipinski definition) is 0. The lowest BCUT2D eigenvalue weighted by Gasteiger charge is -2.36. The van der Waals surface area contributed by atoms with Crippen molar-refractivity contribution in [3.05, 3.63) is 409 Å². The maximum Gasteiger partial charge on any atom is 0.0991 e. The van der Waals surface area contributed by atoms with Crippen LogP contribution < -0.4 is 0 Å². The van der Waals surface area contributed by atoms with Crippen molar-refractivity contribution in [3.63, 3.8) is 0 Å². The fraction of sp³-hybridized carbons (Fsp3) is 0.0517. The molecule has 0 bridgehead atoms. The number of nitriles is 2. The van der Waals surface area contributed by atoms with E-state index in [4.69, 9.17) is 0 Å². The molecular weight excluding hydrogens is 1420 g/mol. The lowest BCUT2D eigenvalue weighted by atomic mass is 9.67. The standard InChI is InChI=1S/2C58H37N/c1-58(2)50-32-43(42-27-26-40-30-39(24-25-41(40)31-42)36-22-20-35(34-59)21-23-36)28-29-46(50)55-47-18-11-19-48-54(47)49(33-51(55)58)57-53(38-14-7-4-8-15-38)45-17-10-9-16-44(45)52(56(48)57)37-12-5-3-6-13-37;1-58(2)50-30-29-49-54-48(56-52(37-11-5-3-6-12-37)45-15-9-10-16-46(45)53(57(49)56)38-13-7-4-8-14-38)28-27-47(55(50)54)44-26-25-43(33-51(44)58)42-24-23-40-31-39(21-22-41(40)32-42)36-19-17-35(34-59)18-20-36/h2*3-33H,1-2H3. The van der Waals surface area contributed by atoms with Crippen LogP contribution in [0.25, 0.3) is 220 Å². The molecule has 0 spiro atoms. The number of rotatable bonds is 8. The molecule has 0 atom stereocenters. The molecule has 0 radical (unpaired) electrons. The van der Waals surface area contributed by atoms with Gasteiger partial charge in [-0.3, -0.25) is 0 Å². The molecule has 0 fully saturated rings. The summed E-state index contributed by atoms with van der Waals surface area (Å²) in [5, 5.41) is 33.9. The predicted molar refractivity (Wildman–Crippen MR) is 495 cm³/mol. The number of hydrogen-bond acceptors (Lipinski definition) is 2. The maximum atomic E-state index is 9.25. The van der Waals surface area contributed by atoms with Crippen LogP contribution in [0.1, 0.15) is 61.1 Å². The molecule has 0 heterocycles. The molecule has 118 heavy (non-hydrogen) atoms. The van der Waals surface area contributed by atoms with E-state index >= 15 is 0 Å². The Labute approximate surface area is 686 Å². The van der Waals surface area contributed by atoms with Gasteiger partial charge >= 0.3 is 0 Å². The number of benzene rings is 20. The van der Waals surface area contributed by atoms with Gasteiger partial charge in [-0.1, -0.05) is 337 Å². The summed E-state index contributed by atoms with van der Waals surface area (Å²) in [6, 6.07) is 143. The first-order chi connectivity index (χ1) is 57.9. The van der Waals surface area contributed by atoms with E-state index in [0.29, 0.717) is 11.1 Å². The highest BCUT2D eigenvalue weighted by atomic mass is 14.5. The SMILES string of the molecule is CC1(C)c2cc(-c3ccc4cc(-c5ccc(C#N)cc5)ccc4c3)ccc2-c2c1cc1c3c(cccc23)-c2c-1c(-c1ccccc1)c1ccccc1c2-c1ccccc1.CC1(C)c2cc(-c3ccc4cc(-c5ccc(C#N)cc5)ccc4c3)ccc2-c2ccc3c4c(ccc1c24)-c1c-3c(-c2ccccc2)c2ccccc2c1-c1ccccc1. The third kappa shape index (κ3) is 10.3. The van der Waals surface area contributed by atoms with Crippen LogP contribution in [0.2, 0.25) is 0 Å². The molecular formula is C116H74N2. The number of nitrogens with zero attached hydrogens (tertiary/aromatic N) is 2. The van der Waals surface area contributed by atoms with Crippen LogP contribution in [0.3, 0.4) is 0 Å². The average molecular weight is 1500 g/mol. The van der Waals surface area contributed by atoms with Gasteiger partial charge in [0.05, 0.1) is 23.3 Å². The predicted octanol–water partition coefficient (Wildman–Crippen LogP) is 31.3. The van der Waals surface area contributed by atoms with Crippen LogP contribution in [0.5, 0.6) is 0 Å². The van der Waals surface area contributed by atoms with Gasteiger partial charge < -0.3 is 0 Å². The molecule has 548 valence electrons. The summed E-state index contributed by atoms with van der Waals surface area (Å²) < 4.78 is 0. The van der Waals surface area contributed by atoms with Gasteiger partial charge in [0.15, 0.2) is 0 Å². The average Bonchev–Trinajstić information content (AvgIpc) is 1.52. The fourth-order valence-corrected chi connectivity index (χ4v) is 20.8. The van der Waals surface area contributed by atoms with Gasteiger partial charge in [0.2, 0.25) is 0 Å². The highest BCUT2D eigenvalue weighted by molar-refractivity contribution is 6.32. The van der Waals surface area contributed by atoms with Gasteiger partial charge in [-0.2, -0.15) is 10.5 Å². The molecule has 0 aliphatic heterocycles. The zero-order chi connectivity index (χ0) is 78.8. The topological polar surface area (TPSA) is 47.6 Å². The van der Waals surface area contributed by atoms with Crippen molar-refractivity contribution in [1.82, 2.24) is 0 Å². The highest BCUT2D eigenvalue weighted by Gasteiger charge is 2.42. The maximum absolute atomic E-state index is 9.25. The Morgan fingerprint density at radius 2 is 0.492 bits per heavy atom.